The smallest absolute Gasteiger partial charge is 0.0856 e. The highest BCUT2D eigenvalue weighted by molar-refractivity contribution is 5.33. The van der Waals surface area contributed by atoms with Crippen LogP contribution in [0.25, 0.3) is 0 Å². The molecule has 0 aliphatic rings. The molecule has 8 heavy (non-hydrogen) atoms. The normalized spacial score (nSPS) is 8.50. The SMILES string of the molecule is N=Nc1c[c]ccc1. The molecule has 0 unspecified atom stereocenters. The van der Waals surface area contributed by atoms with Crippen molar-refractivity contribution in [1.29, 1.82) is 5.53 Å². The van der Waals surface area contributed by atoms with Gasteiger partial charge in [-0.3, -0.25) is 0 Å². The largest absolute Gasteiger partial charge is 0.204 e. The predicted octanol–water partition coefficient (Wildman–Crippen LogP) is 2.15. The molecule has 0 aromatic heterocycles. The minimum Gasteiger partial charge on any atom is -0.204 e. The third kappa shape index (κ3) is 0.904. The molecule has 0 bridgehead atoms. The molecule has 2 heteroatoms. The fourth-order valence-electron chi connectivity index (χ4n) is 0.453. The van der Waals surface area contributed by atoms with Crippen molar-refractivity contribution < 1.29 is 0 Å². The van der Waals surface area contributed by atoms with Crippen molar-refractivity contribution in [2.75, 3.05) is 0 Å². The van der Waals surface area contributed by atoms with Crippen LogP contribution in [0, 0.1) is 11.6 Å². The van der Waals surface area contributed by atoms with Crippen molar-refractivity contribution in [1.82, 2.24) is 0 Å². The molecule has 0 atom stereocenters. The van der Waals surface area contributed by atoms with E-state index in [1.165, 1.54) is 0 Å². The molecule has 1 N–H and O–H groups in total. The number of benzene rings is 1. The lowest BCUT2D eigenvalue weighted by Crippen LogP contribution is -1.57. The number of hydrogen-bond donors (Lipinski definition) is 1. The molecular formula is C6H5N2. The van der Waals surface area contributed by atoms with Crippen LogP contribution in [0.5, 0.6) is 0 Å². The molecule has 1 aromatic carbocycles. The first kappa shape index (κ1) is 4.97. The van der Waals surface area contributed by atoms with Gasteiger partial charge in [-0.05, 0) is 18.2 Å². The van der Waals surface area contributed by atoms with Crippen LogP contribution in [0.2, 0.25) is 0 Å². The monoisotopic (exact) mass is 105 g/mol. The van der Waals surface area contributed by atoms with Crippen LogP contribution >= 0.6 is 0 Å². The summed E-state index contributed by atoms with van der Waals surface area (Å²) >= 11 is 0. The summed E-state index contributed by atoms with van der Waals surface area (Å²) in [5.74, 6) is 0. The van der Waals surface area contributed by atoms with Gasteiger partial charge in [0.25, 0.3) is 0 Å². The van der Waals surface area contributed by atoms with Crippen LogP contribution in [0.3, 0.4) is 0 Å². The van der Waals surface area contributed by atoms with Gasteiger partial charge in [0.05, 0.1) is 5.69 Å². The summed E-state index contributed by atoms with van der Waals surface area (Å²) in [4.78, 5) is 0. The quantitative estimate of drug-likeness (QED) is 0.531. The fourth-order valence-corrected chi connectivity index (χ4v) is 0.453. The molecule has 0 saturated carbocycles. The maximum Gasteiger partial charge on any atom is 0.0856 e. The minimum atomic E-state index is 0.646. The van der Waals surface area contributed by atoms with Crippen LogP contribution < -0.4 is 0 Å². The molecule has 39 valence electrons. The first-order valence-corrected chi connectivity index (χ1v) is 2.27. The average molecular weight is 105 g/mol. The summed E-state index contributed by atoms with van der Waals surface area (Å²) < 4.78 is 0. The lowest BCUT2D eigenvalue weighted by atomic mass is 10.3. The highest BCUT2D eigenvalue weighted by Gasteiger charge is 1.79. The zero-order valence-electron chi connectivity index (χ0n) is 4.26. The van der Waals surface area contributed by atoms with E-state index in [0.717, 1.165) is 0 Å². The Hall–Kier alpha value is -1.18. The second kappa shape index (κ2) is 2.21. The molecule has 0 amide bonds. The summed E-state index contributed by atoms with van der Waals surface area (Å²) in [6.07, 6.45) is 0. The molecule has 0 fully saturated rings. The van der Waals surface area contributed by atoms with Crippen LogP contribution in [0.4, 0.5) is 5.69 Å². The molecule has 0 aliphatic heterocycles. The van der Waals surface area contributed by atoms with E-state index in [-0.39, 0.29) is 0 Å². The Morgan fingerprint density at radius 2 is 2.50 bits per heavy atom. The summed E-state index contributed by atoms with van der Waals surface area (Å²) in [5.41, 5.74) is 7.19. The summed E-state index contributed by atoms with van der Waals surface area (Å²) in [7, 11) is 0. The second-order valence-corrected chi connectivity index (χ2v) is 1.37. The Morgan fingerprint density at radius 3 is 2.88 bits per heavy atom. The third-order valence-corrected chi connectivity index (χ3v) is 0.820. The van der Waals surface area contributed by atoms with E-state index in [4.69, 9.17) is 5.53 Å². The first-order valence-electron chi connectivity index (χ1n) is 2.27. The molecular weight excluding hydrogens is 100 g/mol. The number of rotatable bonds is 1. The molecule has 1 rings (SSSR count). The molecule has 0 heterocycles. The maximum atomic E-state index is 6.55. The third-order valence-electron chi connectivity index (χ3n) is 0.820. The topological polar surface area (TPSA) is 36.2 Å². The van der Waals surface area contributed by atoms with E-state index >= 15 is 0 Å². The van der Waals surface area contributed by atoms with Gasteiger partial charge in [-0.2, -0.15) is 5.11 Å². The van der Waals surface area contributed by atoms with Crippen molar-refractivity contribution in [3.63, 3.8) is 0 Å². The van der Waals surface area contributed by atoms with Gasteiger partial charge in [0.15, 0.2) is 0 Å². The average Bonchev–Trinajstić information content (AvgIpc) is 1.90. The van der Waals surface area contributed by atoms with Crippen molar-refractivity contribution in [3.05, 3.63) is 30.3 Å². The summed E-state index contributed by atoms with van der Waals surface area (Å²) in [5, 5.41) is 3.19. The van der Waals surface area contributed by atoms with E-state index < -0.39 is 0 Å². The summed E-state index contributed by atoms with van der Waals surface area (Å²) in [6.45, 7) is 0. The molecule has 1 aromatic rings. The van der Waals surface area contributed by atoms with Gasteiger partial charge >= 0.3 is 0 Å². The van der Waals surface area contributed by atoms with Gasteiger partial charge in [-0.1, -0.05) is 12.1 Å². The van der Waals surface area contributed by atoms with E-state index in [1.807, 2.05) is 0 Å². The van der Waals surface area contributed by atoms with E-state index in [2.05, 4.69) is 11.2 Å². The van der Waals surface area contributed by atoms with Crippen LogP contribution in [0.1, 0.15) is 0 Å². The number of nitrogens with zero attached hydrogens (tertiary/aromatic N) is 1. The standard InChI is InChI=1S/C6H5N2/c7-8-6-4-2-1-3-5-6/h1-2,4-5,7H. The van der Waals surface area contributed by atoms with Crippen LogP contribution in [-0.2, 0) is 0 Å². The zero-order valence-corrected chi connectivity index (χ0v) is 4.26. The fraction of sp³-hybridized carbons (Fsp3) is 0. The highest BCUT2D eigenvalue weighted by atomic mass is 14.9. The predicted molar refractivity (Wildman–Crippen MR) is 30.1 cm³/mol. The van der Waals surface area contributed by atoms with Gasteiger partial charge in [-0.15, -0.1) is 0 Å². The van der Waals surface area contributed by atoms with Crippen molar-refractivity contribution in [2.45, 2.75) is 0 Å². The van der Waals surface area contributed by atoms with Gasteiger partial charge in [0.2, 0.25) is 0 Å². The lowest BCUT2D eigenvalue weighted by Gasteiger charge is -1.82. The zero-order chi connectivity index (χ0) is 5.82. The van der Waals surface area contributed by atoms with E-state index in [9.17, 15) is 0 Å². The molecule has 0 saturated heterocycles. The van der Waals surface area contributed by atoms with Gasteiger partial charge < -0.3 is 0 Å². The van der Waals surface area contributed by atoms with Gasteiger partial charge in [0, 0.05) is 0 Å². The Kier molecular flexibility index (Phi) is 1.37. The first-order chi connectivity index (χ1) is 3.93. The van der Waals surface area contributed by atoms with Crippen molar-refractivity contribution in [3.8, 4) is 0 Å². The van der Waals surface area contributed by atoms with E-state index in [0.29, 0.717) is 5.69 Å². The van der Waals surface area contributed by atoms with Crippen LogP contribution in [0.15, 0.2) is 29.4 Å². The highest BCUT2D eigenvalue weighted by Crippen LogP contribution is 2.06. The molecule has 0 aliphatic carbocycles. The van der Waals surface area contributed by atoms with Gasteiger partial charge in [-0.25, -0.2) is 5.53 Å². The Balaban J connectivity index is 2.99. The maximum absolute atomic E-state index is 6.55. The molecule has 2 nitrogen and oxygen atoms in total. The van der Waals surface area contributed by atoms with Crippen molar-refractivity contribution in [2.24, 2.45) is 5.11 Å². The summed E-state index contributed by atoms with van der Waals surface area (Å²) in [6, 6.07) is 9.78. The Morgan fingerprint density at radius 1 is 1.62 bits per heavy atom. The molecule has 1 radical (unpaired) electrons. The Bertz CT molecular complexity index is 169. The van der Waals surface area contributed by atoms with Gasteiger partial charge in [0.1, 0.15) is 0 Å². The van der Waals surface area contributed by atoms with E-state index in [1.54, 1.807) is 24.3 Å². The number of hydrogen-bond acceptors (Lipinski definition) is 2. The molecule has 0 spiro atoms. The number of nitrogens with one attached hydrogen (secondary N) is 1. The van der Waals surface area contributed by atoms with Crippen molar-refractivity contribution >= 4 is 5.69 Å². The second-order valence-electron chi connectivity index (χ2n) is 1.37. The minimum absolute atomic E-state index is 0.646. The Labute approximate surface area is 47.7 Å². The van der Waals surface area contributed by atoms with Crippen LogP contribution in [-0.4, -0.2) is 0 Å². The lowest BCUT2D eigenvalue weighted by molar-refractivity contribution is 1.15.